The van der Waals surface area contributed by atoms with E-state index in [-0.39, 0.29) is 23.9 Å². The number of nitrogens with zero attached hydrogens (tertiary/aromatic N) is 2. The van der Waals surface area contributed by atoms with Gasteiger partial charge in [0.05, 0.1) is 29.7 Å². The van der Waals surface area contributed by atoms with Crippen LogP contribution >= 0.6 is 0 Å². The Morgan fingerprint density at radius 2 is 2.00 bits per heavy atom. The monoisotopic (exact) mass is 405 g/mol. The van der Waals surface area contributed by atoms with Crippen molar-refractivity contribution in [3.05, 3.63) is 47.9 Å². The third-order valence-electron chi connectivity index (χ3n) is 4.96. The lowest BCUT2D eigenvalue weighted by Gasteiger charge is -2.19. The first-order valence-electron chi connectivity index (χ1n) is 8.73. The van der Waals surface area contributed by atoms with Gasteiger partial charge in [-0.1, -0.05) is 0 Å². The minimum absolute atomic E-state index is 0.0451. The van der Waals surface area contributed by atoms with Gasteiger partial charge < -0.3 is 14.6 Å². The van der Waals surface area contributed by atoms with Crippen LogP contribution in [0.15, 0.2) is 45.9 Å². The van der Waals surface area contributed by atoms with Crippen molar-refractivity contribution in [2.45, 2.75) is 30.7 Å². The average molecular weight is 405 g/mol. The van der Waals surface area contributed by atoms with E-state index in [1.807, 2.05) is 0 Å². The number of fused-ring (bicyclic) bond motifs is 1. The van der Waals surface area contributed by atoms with E-state index >= 15 is 0 Å². The highest BCUT2D eigenvalue weighted by atomic mass is 32.2. The van der Waals surface area contributed by atoms with E-state index in [9.17, 15) is 18.0 Å². The molecule has 150 valence electrons. The number of carbonyl (C=O) groups is 2. The maximum absolute atomic E-state index is 12.9. The summed E-state index contributed by atoms with van der Waals surface area (Å²) in [4.78, 5) is 26.1. The van der Waals surface area contributed by atoms with E-state index in [4.69, 9.17) is 4.42 Å². The van der Waals surface area contributed by atoms with Crippen LogP contribution < -0.4 is 10.2 Å². The van der Waals surface area contributed by atoms with Gasteiger partial charge in [0, 0.05) is 19.8 Å². The normalized spacial score (nSPS) is 15.8. The lowest BCUT2D eigenvalue weighted by atomic mass is 9.86. The third-order valence-corrected chi connectivity index (χ3v) is 6.76. The summed E-state index contributed by atoms with van der Waals surface area (Å²) in [5, 5.41) is 2.62. The smallest absolute Gasteiger partial charge is 0.243 e. The highest BCUT2D eigenvalue weighted by Gasteiger charge is 2.43. The fourth-order valence-corrected chi connectivity index (χ4v) is 4.39. The van der Waals surface area contributed by atoms with E-state index in [0.717, 1.165) is 4.31 Å². The summed E-state index contributed by atoms with van der Waals surface area (Å²) < 4.78 is 31.9. The molecule has 8 nitrogen and oxygen atoms in total. The molecule has 1 aliphatic rings. The Morgan fingerprint density at radius 1 is 1.29 bits per heavy atom. The Bertz CT molecular complexity index is 1010. The number of benzene rings is 1. The Labute approximate surface area is 164 Å². The number of amides is 2. The predicted molar refractivity (Wildman–Crippen MR) is 103 cm³/mol. The molecule has 1 aliphatic heterocycles. The first-order chi connectivity index (χ1) is 13.0. The zero-order chi connectivity index (χ0) is 20.7. The fraction of sp³-hybridized carbons (Fsp3) is 0.368. The number of anilines is 1. The number of hydrogen-bond donors (Lipinski definition) is 1. The highest BCUT2D eigenvalue weighted by molar-refractivity contribution is 7.89. The molecular weight excluding hydrogens is 382 g/mol. The van der Waals surface area contributed by atoms with Crippen LogP contribution in [-0.4, -0.2) is 45.2 Å². The van der Waals surface area contributed by atoms with Gasteiger partial charge in [0.15, 0.2) is 0 Å². The first kappa shape index (κ1) is 20.1. The van der Waals surface area contributed by atoms with Gasteiger partial charge in [0.25, 0.3) is 0 Å². The summed E-state index contributed by atoms with van der Waals surface area (Å²) in [6.45, 7) is 3.38. The zero-order valence-electron chi connectivity index (χ0n) is 16.2. The van der Waals surface area contributed by atoms with Crippen molar-refractivity contribution in [3.63, 3.8) is 0 Å². The van der Waals surface area contributed by atoms with Gasteiger partial charge in [-0.15, -0.1) is 0 Å². The summed E-state index contributed by atoms with van der Waals surface area (Å²) in [6, 6.07) is 8.01. The summed E-state index contributed by atoms with van der Waals surface area (Å²) in [5.74, 6) is 0.0371. The zero-order valence-corrected chi connectivity index (χ0v) is 17.0. The largest absolute Gasteiger partial charge is 0.467 e. The molecule has 0 saturated heterocycles. The van der Waals surface area contributed by atoms with E-state index in [1.54, 1.807) is 39.1 Å². The van der Waals surface area contributed by atoms with Gasteiger partial charge in [-0.25, -0.2) is 8.42 Å². The maximum atomic E-state index is 12.9. The van der Waals surface area contributed by atoms with E-state index in [2.05, 4.69) is 5.32 Å². The molecule has 2 amide bonds. The fourth-order valence-electron chi connectivity index (χ4n) is 3.23. The number of sulfonamides is 1. The van der Waals surface area contributed by atoms with Crippen LogP contribution in [0.5, 0.6) is 0 Å². The van der Waals surface area contributed by atoms with Crippen molar-refractivity contribution >= 4 is 27.5 Å². The molecule has 0 bridgehead atoms. The van der Waals surface area contributed by atoms with Gasteiger partial charge in [-0.3, -0.25) is 9.59 Å². The van der Waals surface area contributed by atoms with Crippen molar-refractivity contribution in [1.29, 1.82) is 0 Å². The number of rotatable bonds is 6. The molecule has 0 radical (unpaired) electrons. The van der Waals surface area contributed by atoms with Gasteiger partial charge >= 0.3 is 0 Å². The highest BCUT2D eigenvalue weighted by Crippen LogP contribution is 2.41. The van der Waals surface area contributed by atoms with Crippen molar-refractivity contribution in [2.75, 3.05) is 25.5 Å². The molecule has 0 atom stereocenters. The van der Waals surface area contributed by atoms with E-state index < -0.39 is 21.3 Å². The van der Waals surface area contributed by atoms with Crippen LogP contribution in [0, 0.1) is 0 Å². The second kappa shape index (κ2) is 7.06. The van der Waals surface area contributed by atoms with Crippen LogP contribution in [0.3, 0.4) is 0 Å². The second-order valence-electron chi connectivity index (χ2n) is 7.29. The minimum Gasteiger partial charge on any atom is -0.467 e. The van der Waals surface area contributed by atoms with Crippen LogP contribution in [0.25, 0.3) is 0 Å². The SMILES string of the molecule is CN1C(=O)C(C)(C)c2cc(S(=O)(=O)N(C)CC(=O)NCc3ccco3)ccc21. The molecule has 0 spiro atoms. The number of furan rings is 1. The minimum atomic E-state index is -3.89. The van der Waals surface area contributed by atoms with Gasteiger partial charge in [-0.2, -0.15) is 4.31 Å². The Balaban J connectivity index is 1.76. The average Bonchev–Trinajstić information content (AvgIpc) is 3.22. The van der Waals surface area contributed by atoms with Crippen molar-refractivity contribution < 1.29 is 22.4 Å². The molecule has 1 N–H and O–H groups in total. The molecule has 1 aromatic carbocycles. The molecule has 0 unspecified atom stereocenters. The summed E-state index contributed by atoms with van der Waals surface area (Å²) in [7, 11) is -0.883. The predicted octanol–water partition coefficient (Wildman–Crippen LogP) is 1.47. The summed E-state index contributed by atoms with van der Waals surface area (Å²) >= 11 is 0. The standard InChI is InChI=1S/C19H23N3O5S/c1-19(2)15-10-14(7-8-16(15)22(4)18(19)24)28(25,26)21(3)12-17(23)20-11-13-6-5-9-27-13/h5-10H,11-12H2,1-4H3,(H,20,23). The molecule has 2 heterocycles. The van der Waals surface area contributed by atoms with Gasteiger partial charge in [0.1, 0.15) is 5.76 Å². The molecule has 9 heteroatoms. The summed E-state index contributed by atoms with van der Waals surface area (Å²) in [5.41, 5.74) is 0.527. The third kappa shape index (κ3) is 3.43. The Morgan fingerprint density at radius 3 is 2.64 bits per heavy atom. The topological polar surface area (TPSA) is 99.9 Å². The lowest BCUT2D eigenvalue weighted by Crippen LogP contribution is -2.38. The van der Waals surface area contributed by atoms with Crippen LogP contribution in [-0.2, 0) is 31.6 Å². The molecule has 3 rings (SSSR count). The second-order valence-corrected chi connectivity index (χ2v) is 9.33. The molecule has 0 aliphatic carbocycles. The van der Waals surface area contributed by atoms with Crippen molar-refractivity contribution in [1.82, 2.24) is 9.62 Å². The molecular formula is C19H23N3O5S. The van der Waals surface area contributed by atoms with E-state index in [1.165, 1.54) is 30.3 Å². The molecule has 1 aromatic heterocycles. The quantitative estimate of drug-likeness (QED) is 0.785. The maximum Gasteiger partial charge on any atom is 0.243 e. The van der Waals surface area contributed by atoms with E-state index in [0.29, 0.717) is 17.0 Å². The lowest BCUT2D eigenvalue weighted by molar-refractivity contribution is -0.122. The molecule has 0 fully saturated rings. The van der Waals surface area contributed by atoms with Crippen molar-refractivity contribution in [3.8, 4) is 0 Å². The first-order valence-corrected chi connectivity index (χ1v) is 10.2. The van der Waals surface area contributed by atoms with Crippen LogP contribution in [0.4, 0.5) is 5.69 Å². The molecule has 2 aromatic rings. The molecule has 28 heavy (non-hydrogen) atoms. The van der Waals surface area contributed by atoms with Crippen LogP contribution in [0.1, 0.15) is 25.2 Å². The number of hydrogen-bond acceptors (Lipinski definition) is 5. The number of carbonyl (C=O) groups excluding carboxylic acids is 2. The number of nitrogens with one attached hydrogen (secondary N) is 1. The Hall–Kier alpha value is -2.65. The molecule has 0 saturated carbocycles. The van der Waals surface area contributed by atoms with Crippen LogP contribution in [0.2, 0.25) is 0 Å². The Kier molecular flexibility index (Phi) is 5.07. The summed E-state index contributed by atoms with van der Waals surface area (Å²) in [6.07, 6.45) is 1.50. The van der Waals surface area contributed by atoms with Crippen molar-refractivity contribution in [2.24, 2.45) is 0 Å². The number of likely N-dealkylation sites (N-methyl/N-ethyl adjacent to an activating group) is 2. The van der Waals surface area contributed by atoms with Gasteiger partial charge in [-0.05, 0) is 49.7 Å². The van der Waals surface area contributed by atoms with Gasteiger partial charge in [0.2, 0.25) is 21.8 Å².